The first-order chi connectivity index (χ1) is 9.13. The van der Waals surface area contributed by atoms with E-state index < -0.39 is 0 Å². The summed E-state index contributed by atoms with van der Waals surface area (Å²) in [7, 11) is 0. The smallest absolute Gasteiger partial charge is 0.224 e. The van der Waals surface area contributed by atoms with Crippen molar-refractivity contribution in [3.63, 3.8) is 0 Å². The maximum atomic E-state index is 12.4. The van der Waals surface area contributed by atoms with Gasteiger partial charge in [-0.25, -0.2) is 0 Å². The molecule has 1 aromatic carbocycles. The lowest BCUT2D eigenvalue weighted by atomic mass is 9.92. The molecule has 0 bridgehead atoms. The molecule has 19 heavy (non-hydrogen) atoms. The minimum Gasteiger partial charge on any atom is -0.378 e. The first-order valence-electron chi connectivity index (χ1n) is 6.72. The molecule has 1 fully saturated rings. The molecule has 0 aliphatic carbocycles. The molecule has 4 heteroatoms. The van der Waals surface area contributed by atoms with Gasteiger partial charge in [-0.05, 0) is 43.5 Å². The third-order valence-corrected chi connectivity index (χ3v) is 3.85. The molecule has 4 nitrogen and oxygen atoms in total. The van der Waals surface area contributed by atoms with E-state index in [0.29, 0.717) is 19.4 Å². The van der Waals surface area contributed by atoms with Gasteiger partial charge in [0.1, 0.15) is 0 Å². The molecular formula is C15H17NO3. The maximum absolute atomic E-state index is 12.4. The molecule has 2 unspecified atom stereocenters. The number of Topliss-reactive ketones (excluding diaryl/α,β-unsaturated/α-hetero) is 1. The number of ether oxygens (including phenoxy) is 1. The fraction of sp³-hybridized carbons (Fsp3) is 0.467. The highest BCUT2D eigenvalue weighted by molar-refractivity contribution is 6.00. The van der Waals surface area contributed by atoms with Crippen LogP contribution in [0, 0.1) is 5.92 Å². The molecule has 2 heterocycles. The van der Waals surface area contributed by atoms with Gasteiger partial charge in [0.2, 0.25) is 5.91 Å². The highest BCUT2D eigenvalue weighted by atomic mass is 16.5. The Labute approximate surface area is 112 Å². The number of rotatable bonds is 2. The van der Waals surface area contributed by atoms with Crippen LogP contribution >= 0.6 is 0 Å². The van der Waals surface area contributed by atoms with Crippen molar-refractivity contribution in [3.05, 3.63) is 29.3 Å². The summed E-state index contributed by atoms with van der Waals surface area (Å²) in [4.78, 5) is 23.7. The van der Waals surface area contributed by atoms with E-state index in [0.717, 1.165) is 23.2 Å². The number of hydrogen-bond donors (Lipinski definition) is 1. The predicted octanol–water partition coefficient (Wildman–Crippen LogP) is 2.18. The van der Waals surface area contributed by atoms with Crippen LogP contribution in [-0.2, 0) is 16.0 Å². The summed E-state index contributed by atoms with van der Waals surface area (Å²) in [5.41, 5.74) is 2.62. The summed E-state index contributed by atoms with van der Waals surface area (Å²) in [6, 6.07) is 5.55. The number of carbonyl (C=O) groups excluding carboxylic acids is 2. The lowest BCUT2D eigenvalue weighted by molar-refractivity contribution is -0.116. The van der Waals surface area contributed by atoms with Crippen molar-refractivity contribution in [2.45, 2.75) is 32.3 Å². The minimum atomic E-state index is -0.0220. The zero-order valence-electron chi connectivity index (χ0n) is 10.9. The van der Waals surface area contributed by atoms with Gasteiger partial charge < -0.3 is 10.1 Å². The van der Waals surface area contributed by atoms with E-state index in [9.17, 15) is 9.59 Å². The normalized spacial score (nSPS) is 25.8. The number of amides is 1. The van der Waals surface area contributed by atoms with E-state index in [4.69, 9.17) is 4.74 Å². The van der Waals surface area contributed by atoms with Gasteiger partial charge in [-0.2, -0.15) is 0 Å². The predicted molar refractivity (Wildman–Crippen MR) is 71.2 cm³/mol. The Bertz CT molecular complexity index is 538. The number of carbonyl (C=O) groups is 2. The molecular weight excluding hydrogens is 242 g/mol. The Morgan fingerprint density at radius 2 is 2.21 bits per heavy atom. The number of benzene rings is 1. The van der Waals surface area contributed by atoms with Crippen LogP contribution in [0.25, 0.3) is 0 Å². The molecule has 2 atom stereocenters. The average molecular weight is 259 g/mol. The van der Waals surface area contributed by atoms with Gasteiger partial charge in [-0.1, -0.05) is 0 Å². The van der Waals surface area contributed by atoms with Crippen LogP contribution in [0.5, 0.6) is 0 Å². The Morgan fingerprint density at radius 1 is 1.37 bits per heavy atom. The van der Waals surface area contributed by atoms with E-state index >= 15 is 0 Å². The molecule has 1 saturated heterocycles. The molecule has 3 rings (SSSR count). The molecule has 0 aromatic heterocycles. The van der Waals surface area contributed by atoms with Crippen molar-refractivity contribution in [1.82, 2.24) is 0 Å². The molecule has 0 radical (unpaired) electrons. The van der Waals surface area contributed by atoms with Gasteiger partial charge >= 0.3 is 0 Å². The number of nitrogens with one attached hydrogen (secondary N) is 1. The number of aryl methyl sites for hydroxylation is 1. The highest BCUT2D eigenvalue weighted by Crippen LogP contribution is 2.27. The van der Waals surface area contributed by atoms with Gasteiger partial charge in [-0.15, -0.1) is 0 Å². The number of hydrogen-bond acceptors (Lipinski definition) is 3. The summed E-state index contributed by atoms with van der Waals surface area (Å²) in [5, 5.41) is 2.83. The van der Waals surface area contributed by atoms with Crippen molar-refractivity contribution in [3.8, 4) is 0 Å². The molecule has 2 aliphatic heterocycles. The second kappa shape index (κ2) is 4.78. The lowest BCUT2D eigenvalue weighted by Gasteiger charge is -2.18. The van der Waals surface area contributed by atoms with Crippen LogP contribution in [0.2, 0.25) is 0 Å². The maximum Gasteiger partial charge on any atom is 0.224 e. The second-order valence-electron chi connectivity index (χ2n) is 5.36. The topological polar surface area (TPSA) is 55.4 Å². The summed E-state index contributed by atoms with van der Waals surface area (Å²) >= 11 is 0. The first-order valence-corrected chi connectivity index (χ1v) is 6.72. The average Bonchev–Trinajstić information content (AvgIpc) is 2.84. The second-order valence-corrected chi connectivity index (χ2v) is 5.36. The van der Waals surface area contributed by atoms with E-state index in [2.05, 4.69) is 5.32 Å². The van der Waals surface area contributed by atoms with Gasteiger partial charge in [0, 0.05) is 23.6 Å². The Balaban J connectivity index is 1.82. The zero-order valence-corrected chi connectivity index (χ0v) is 10.9. The first kappa shape index (κ1) is 12.4. The van der Waals surface area contributed by atoms with Crippen molar-refractivity contribution < 1.29 is 14.3 Å². The summed E-state index contributed by atoms with van der Waals surface area (Å²) < 4.78 is 5.46. The molecule has 0 spiro atoms. The van der Waals surface area contributed by atoms with E-state index in [1.54, 1.807) is 6.07 Å². The van der Waals surface area contributed by atoms with Gasteiger partial charge in [0.25, 0.3) is 0 Å². The van der Waals surface area contributed by atoms with Crippen LogP contribution in [0.4, 0.5) is 5.69 Å². The fourth-order valence-electron chi connectivity index (χ4n) is 2.77. The van der Waals surface area contributed by atoms with Crippen molar-refractivity contribution >= 4 is 17.4 Å². The molecule has 2 aliphatic rings. The third-order valence-electron chi connectivity index (χ3n) is 3.85. The van der Waals surface area contributed by atoms with Crippen LogP contribution in [0.15, 0.2) is 18.2 Å². The van der Waals surface area contributed by atoms with Gasteiger partial charge in [0.15, 0.2) is 5.78 Å². The summed E-state index contributed by atoms with van der Waals surface area (Å²) in [6.45, 7) is 2.52. The van der Waals surface area contributed by atoms with Crippen LogP contribution < -0.4 is 5.32 Å². The largest absolute Gasteiger partial charge is 0.378 e. The molecule has 0 saturated carbocycles. The van der Waals surface area contributed by atoms with Crippen molar-refractivity contribution in [2.75, 3.05) is 11.9 Å². The highest BCUT2D eigenvalue weighted by Gasteiger charge is 2.29. The van der Waals surface area contributed by atoms with Crippen LogP contribution in [0.1, 0.15) is 35.7 Å². The third kappa shape index (κ3) is 2.40. The van der Waals surface area contributed by atoms with Gasteiger partial charge in [-0.3, -0.25) is 9.59 Å². The number of ketones is 1. The molecule has 100 valence electrons. The molecule has 1 N–H and O–H groups in total. The lowest BCUT2D eigenvalue weighted by Crippen LogP contribution is -2.20. The van der Waals surface area contributed by atoms with E-state index in [1.165, 1.54) is 0 Å². The minimum absolute atomic E-state index is 0.0220. The fourth-order valence-corrected chi connectivity index (χ4v) is 2.77. The van der Waals surface area contributed by atoms with E-state index in [-0.39, 0.29) is 23.7 Å². The number of anilines is 1. The Morgan fingerprint density at radius 3 is 2.95 bits per heavy atom. The van der Waals surface area contributed by atoms with Gasteiger partial charge in [0.05, 0.1) is 12.7 Å². The monoisotopic (exact) mass is 259 g/mol. The quantitative estimate of drug-likeness (QED) is 0.828. The van der Waals surface area contributed by atoms with Crippen LogP contribution in [-0.4, -0.2) is 24.4 Å². The van der Waals surface area contributed by atoms with Crippen molar-refractivity contribution in [2.24, 2.45) is 5.92 Å². The molecule has 1 aromatic rings. The standard InChI is InChI=1S/C15H17NO3/c1-9-6-12(8-19-9)15(18)11-2-4-13-10(7-11)3-5-14(17)16-13/h2,4,7,9,12H,3,5-6,8H2,1H3,(H,16,17). The SMILES string of the molecule is CC1CC(C(=O)c2ccc3c(c2)CCC(=O)N3)CO1. The van der Waals surface area contributed by atoms with Crippen LogP contribution in [0.3, 0.4) is 0 Å². The summed E-state index contributed by atoms with van der Waals surface area (Å²) in [5.74, 6) is 0.180. The van der Waals surface area contributed by atoms with Crippen molar-refractivity contribution in [1.29, 1.82) is 0 Å². The Kier molecular flexibility index (Phi) is 3.11. The zero-order chi connectivity index (χ0) is 13.4. The summed E-state index contributed by atoms with van der Waals surface area (Å²) in [6.07, 6.45) is 2.17. The Hall–Kier alpha value is -1.68. The molecule has 1 amide bonds. The number of fused-ring (bicyclic) bond motifs is 1. The van der Waals surface area contributed by atoms with E-state index in [1.807, 2.05) is 19.1 Å².